The van der Waals surface area contributed by atoms with Crippen molar-refractivity contribution in [2.75, 3.05) is 5.32 Å². The molecule has 2 rings (SSSR count). The third kappa shape index (κ3) is 3.74. The van der Waals surface area contributed by atoms with Crippen molar-refractivity contribution in [1.29, 1.82) is 0 Å². The van der Waals surface area contributed by atoms with Crippen molar-refractivity contribution >= 4 is 40.5 Å². The quantitative estimate of drug-likeness (QED) is 0.498. The van der Waals surface area contributed by atoms with Crippen molar-refractivity contribution < 1.29 is 10.0 Å². The summed E-state index contributed by atoms with van der Waals surface area (Å²) in [5, 5.41) is 15.3. The monoisotopic (exact) mass is 322 g/mol. The van der Waals surface area contributed by atoms with Crippen LogP contribution < -0.4 is 5.32 Å². The summed E-state index contributed by atoms with van der Waals surface area (Å²) >= 11 is 11.8. The van der Waals surface area contributed by atoms with Crippen LogP contribution in [0.15, 0.2) is 47.6 Å². The number of carbonyl (C=O) groups excluding carboxylic acids is 1. The highest BCUT2D eigenvalue weighted by atomic mass is 35.5. The Hall–Kier alpha value is -2.04. The Labute approximate surface area is 132 Å². The third-order valence-corrected chi connectivity index (χ3v) is 3.43. The fourth-order valence-corrected chi connectivity index (χ4v) is 2.22. The minimum atomic E-state index is -0.322. The summed E-state index contributed by atoms with van der Waals surface area (Å²) in [7, 11) is 0. The zero-order chi connectivity index (χ0) is 15.4. The number of oxime groups is 1. The van der Waals surface area contributed by atoms with Gasteiger partial charge in [0, 0.05) is 10.7 Å². The minimum Gasteiger partial charge on any atom is -0.411 e. The third-order valence-electron chi connectivity index (χ3n) is 2.89. The van der Waals surface area contributed by atoms with E-state index in [2.05, 4.69) is 10.5 Å². The van der Waals surface area contributed by atoms with E-state index in [4.69, 9.17) is 28.4 Å². The zero-order valence-electron chi connectivity index (χ0n) is 11.1. The Morgan fingerprint density at radius 2 is 1.81 bits per heavy atom. The number of halogens is 2. The lowest BCUT2D eigenvalue weighted by Crippen LogP contribution is -2.12. The minimum absolute atomic E-state index is 0.292. The van der Waals surface area contributed by atoms with Gasteiger partial charge >= 0.3 is 0 Å². The first-order valence-electron chi connectivity index (χ1n) is 6.07. The second kappa shape index (κ2) is 6.61. The molecule has 0 spiro atoms. The topological polar surface area (TPSA) is 61.7 Å². The molecule has 2 aromatic carbocycles. The zero-order valence-corrected chi connectivity index (χ0v) is 12.6. The van der Waals surface area contributed by atoms with Crippen LogP contribution in [0.4, 0.5) is 5.69 Å². The summed E-state index contributed by atoms with van der Waals surface area (Å²) in [6.45, 7) is 1.68. The lowest BCUT2D eigenvalue weighted by Gasteiger charge is -2.08. The molecule has 108 valence electrons. The number of nitrogens with one attached hydrogen (secondary N) is 1. The summed E-state index contributed by atoms with van der Waals surface area (Å²) < 4.78 is 0. The van der Waals surface area contributed by atoms with Crippen LogP contribution in [0.5, 0.6) is 0 Å². The van der Waals surface area contributed by atoms with Crippen LogP contribution in [0, 0.1) is 0 Å². The van der Waals surface area contributed by atoms with E-state index in [1.807, 2.05) is 0 Å². The number of carbonyl (C=O) groups is 1. The smallest absolute Gasteiger partial charge is 0.257 e. The molecule has 1 amide bonds. The summed E-state index contributed by atoms with van der Waals surface area (Å²) in [4.78, 5) is 12.1. The first-order chi connectivity index (χ1) is 10.0. The summed E-state index contributed by atoms with van der Waals surface area (Å²) in [5.41, 5.74) is 2.22. The van der Waals surface area contributed by atoms with Gasteiger partial charge in [0.1, 0.15) is 0 Å². The number of hydrogen-bond donors (Lipinski definition) is 2. The van der Waals surface area contributed by atoms with Crippen LogP contribution in [0.1, 0.15) is 22.8 Å². The normalized spacial score (nSPS) is 11.3. The molecule has 4 nitrogen and oxygen atoms in total. The number of amides is 1. The van der Waals surface area contributed by atoms with Gasteiger partial charge in [-0.3, -0.25) is 4.79 Å². The highest BCUT2D eigenvalue weighted by molar-refractivity contribution is 6.37. The Kier molecular flexibility index (Phi) is 4.83. The van der Waals surface area contributed by atoms with E-state index in [-0.39, 0.29) is 5.91 Å². The van der Waals surface area contributed by atoms with Gasteiger partial charge in [-0.25, -0.2) is 0 Å². The molecule has 0 bridgehead atoms. The molecule has 0 aliphatic heterocycles. The van der Waals surface area contributed by atoms with Crippen LogP contribution in [0.25, 0.3) is 0 Å². The predicted molar refractivity (Wildman–Crippen MR) is 84.9 cm³/mol. The molecule has 0 atom stereocenters. The highest BCUT2D eigenvalue weighted by Gasteiger charge is 2.11. The van der Waals surface area contributed by atoms with Crippen LogP contribution in [0.3, 0.4) is 0 Å². The summed E-state index contributed by atoms with van der Waals surface area (Å²) in [5.74, 6) is -0.322. The second-order valence-corrected chi connectivity index (χ2v) is 5.18. The van der Waals surface area contributed by atoms with E-state index in [0.29, 0.717) is 27.0 Å². The van der Waals surface area contributed by atoms with Gasteiger partial charge in [-0.15, -0.1) is 0 Å². The van der Waals surface area contributed by atoms with E-state index in [9.17, 15) is 4.79 Å². The van der Waals surface area contributed by atoms with Crippen LogP contribution in [-0.2, 0) is 0 Å². The van der Waals surface area contributed by atoms with E-state index >= 15 is 0 Å². The maximum absolute atomic E-state index is 12.1. The van der Waals surface area contributed by atoms with Crippen molar-refractivity contribution in [3.8, 4) is 0 Å². The highest BCUT2D eigenvalue weighted by Crippen LogP contribution is 2.22. The SMILES string of the molecule is C/C(=N\O)c1ccc(NC(=O)c2ccc(Cl)cc2Cl)cc1. The predicted octanol–water partition coefficient (Wildman–Crippen LogP) is 4.44. The number of hydrogen-bond acceptors (Lipinski definition) is 3. The van der Waals surface area contributed by atoms with Crippen molar-refractivity contribution in [3.63, 3.8) is 0 Å². The van der Waals surface area contributed by atoms with Gasteiger partial charge in [-0.05, 0) is 42.8 Å². The number of rotatable bonds is 3. The largest absolute Gasteiger partial charge is 0.411 e. The summed E-state index contributed by atoms with van der Waals surface area (Å²) in [6, 6.07) is 11.6. The molecule has 0 unspecified atom stereocenters. The Balaban J connectivity index is 2.16. The fourth-order valence-electron chi connectivity index (χ4n) is 1.72. The van der Waals surface area contributed by atoms with Gasteiger partial charge in [0.15, 0.2) is 0 Å². The number of benzene rings is 2. The first kappa shape index (κ1) is 15.4. The van der Waals surface area contributed by atoms with Gasteiger partial charge in [-0.2, -0.15) is 0 Å². The molecular weight excluding hydrogens is 311 g/mol. The van der Waals surface area contributed by atoms with E-state index in [0.717, 1.165) is 5.56 Å². The van der Waals surface area contributed by atoms with Gasteiger partial charge in [0.05, 0.1) is 16.3 Å². The van der Waals surface area contributed by atoms with E-state index in [1.54, 1.807) is 43.3 Å². The molecular formula is C15H12Cl2N2O2. The van der Waals surface area contributed by atoms with Gasteiger partial charge in [-0.1, -0.05) is 40.5 Å². The average molecular weight is 323 g/mol. The maximum atomic E-state index is 12.1. The van der Waals surface area contributed by atoms with Crippen molar-refractivity contribution in [2.24, 2.45) is 5.16 Å². The van der Waals surface area contributed by atoms with Crippen LogP contribution in [0.2, 0.25) is 10.0 Å². The molecule has 21 heavy (non-hydrogen) atoms. The molecule has 0 aliphatic carbocycles. The lowest BCUT2D eigenvalue weighted by molar-refractivity contribution is 0.102. The molecule has 0 saturated carbocycles. The molecule has 0 saturated heterocycles. The lowest BCUT2D eigenvalue weighted by atomic mass is 10.1. The average Bonchev–Trinajstić information content (AvgIpc) is 2.47. The number of nitrogens with zero attached hydrogens (tertiary/aromatic N) is 1. The summed E-state index contributed by atoms with van der Waals surface area (Å²) in [6.07, 6.45) is 0. The number of anilines is 1. The standard InChI is InChI=1S/C15H12Cl2N2O2/c1-9(19-21)10-2-5-12(6-3-10)18-15(20)13-7-4-11(16)8-14(13)17/h2-8,21H,1H3,(H,18,20)/b19-9+. The maximum Gasteiger partial charge on any atom is 0.257 e. The Bertz CT molecular complexity index is 697. The molecule has 0 aromatic heterocycles. The second-order valence-electron chi connectivity index (χ2n) is 4.34. The molecule has 0 heterocycles. The Morgan fingerprint density at radius 3 is 2.38 bits per heavy atom. The Morgan fingerprint density at radius 1 is 1.14 bits per heavy atom. The molecule has 0 radical (unpaired) electrons. The van der Waals surface area contributed by atoms with Crippen molar-refractivity contribution in [3.05, 3.63) is 63.6 Å². The van der Waals surface area contributed by atoms with E-state index < -0.39 is 0 Å². The molecule has 2 N–H and O–H groups in total. The molecule has 2 aromatic rings. The molecule has 6 heteroatoms. The first-order valence-corrected chi connectivity index (χ1v) is 6.82. The molecule has 0 fully saturated rings. The van der Waals surface area contributed by atoms with Crippen LogP contribution >= 0.6 is 23.2 Å². The molecule has 0 aliphatic rings. The van der Waals surface area contributed by atoms with Crippen molar-refractivity contribution in [1.82, 2.24) is 0 Å². The fraction of sp³-hybridized carbons (Fsp3) is 0.0667. The van der Waals surface area contributed by atoms with Gasteiger partial charge < -0.3 is 10.5 Å². The van der Waals surface area contributed by atoms with Gasteiger partial charge in [0.2, 0.25) is 0 Å². The van der Waals surface area contributed by atoms with Crippen LogP contribution in [-0.4, -0.2) is 16.8 Å². The van der Waals surface area contributed by atoms with Crippen molar-refractivity contribution in [2.45, 2.75) is 6.92 Å². The van der Waals surface area contributed by atoms with Gasteiger partial charge in [0.25, 0.3) is 5.91 Å². The van der Waals surface area contributed by atoms with E-state index in [1.165, 1.54) is 6.07 Å².